The van der Waals surface area contributed by atoms with Gasteiger partial charge in [-0.15, -0.1) is 23.1 Å². The van der Waals surface area contributed by atoms with Crippen LogP contribution in [-0.4, -0.2) is 30.8 Å². The highest BCUT2D eigenvalue weighted by Gasteiger charge is 2.30. The van der Waals surface area contributed by atoms with Gasteiger partial charge in [-0.25, -0.2) is 4.79 Å². The van der Waals surface area contributed by atoms with Gasteiger partial charge in [0.15, 0.2) is 0 Å². The van der Waals surface area contributed by atoms with Crippen molar-refractivity contribution < 1.29 is 23.9 Å². The third-order valence-corrected chi connectivity index (χ3v) is 10.1. The van der Waals surface area contributed by atoms with Crippen LogP contribution in [0.5, 0.6) is 0 Å². The minimum atomic E-state index is -0.704. The average Bonchev–Trinajstić information content (AvgIpc) is 3.39. The topological polar surface area (TPSA) is 114 Å². The average molecular weight is 642 g/mol. The van der Waals surface area contributed by atoms with E-state index in [0.29, 0.717) is 21.8 Å². The van der Waals surface area contributed by atoms with Gasteiger partial charge in [0.2, 0.25) is 11.8 Å². The monoisotopic (exact) mass is 641 g/mol. The van der Waals surface area contributed by atoms with Gasteiger partial charge in [0, 0.05) is 22.2 Å². The molecule has 1 aliphatic carbocycles. The van der Waals surface area contributed by atoms with E-state index in [1.165, 1.54) is 25.3 Å². The molecule has 3 aromatic carbocycles. The predicted octanol–water partition coefficient (Wildman–Crippen LogP) is 8.09. The van der Waals surface area contributed by atoms with E-state index in [2.05, 4.69) is 16.0 Å². The minimum absolute atomic E-state index is 0.0239. The fourth-order valence-corrected chi connectivity index (χ4v) is 7.52. The molecule has 1 fully saturated rings. The summed E-state index contributed by atoms with van der Waals surface area (Å²) in [5.41, 5.74) is 2.60. The number of anilines is 3. The summed E-state index contributed by atoms with van der Waals surface area (Å²) in [6, 6.07) is 25.8. The molecule has 8 nitrogen and oxygen atoms in total. The van der Waals surface area contributed by atoms with Gasteiger partial charge < -0.3 is 20.7 Å². The maximum atomic E-state index is 14.0. The van der Waals surface area contributed by atoms with Gasteiger partial charge in [0.05, 0.1) is 17.6 Å². The van der Waals surface area contributed by atoms with Crippen molar-refractivity contribution in [3.8, 4) is 0 Å². The zero-order valence-corrected chi connectivity index (χ0v) is 26.8. The van der Waals surface area contributed by atoms with Crippen LogP contribution in [0.4, 0.5) is 16.4 Å². The van der Waals surface area contributed by atoms with Crippen molar-refractivity contribution in [1.82, 2.24) is 0 Å². The number of methoxy groups -OCH3 is 1. The first-order valence-corrected chi connectivity index (χ1v) is 16.5. The zero-order valence-electron chi connectivity index (χ0n) is 25.1. The summed E-state index contributed by atoms with van der Waals surface area (Å²) < 4.78 is 5.03. The van der Waals surface area contributed by atoms with Gasteiger partial charge in [0.25, 0.3) is 5.91 Å². The maximum absolute atomic E-state index is 14.0. The Labute approximate surface area is 271 Å². The lowest BCUT2D eigenvalue weighted by Crippen LogP contribution is -2.24. The standard InChI is InChI=1S/C35H35N3O5S2/c1-22-28(35(42)43-2)34(45-29(22)32(40)36-25-17-10-5-11-18-25)38-33(41)30(23-13-6-3-7-14-23)44-27-20-12-19-26(21-27)37-31(39)24-15-8-4-9-16-24/h3,5-7,10-14,17-21,24,30H,4,8-9,15-16H2,1-2H3,(H,36,40)(H,37,39)(H,38,41). The SMILES string of the molecule is COC(=O)c1c(NC(=O)C(Sc2cccc(NC(=O)C3CCCCC3)c2)c2ccccc2)sc(C(=O)Nc2ccccc2)c1C. The number of carbonyl (C=O) groups is 4. The van der Waals surface area contributed by atoms with Gasteiger partial charge in [-0.05, 0) is 61.2 Å². The molecule has 0 bridgehead atoms. The van der Waals surface area contributed by atoms with E-state index in [1.54, 1.807) is 19.1 Å². The quantitative estimate of drug-likeness (QED) is 0.119. The van der Waals surface area contributed by atoms with Crippen molar-refractivity contribution in [2.75, 3.05) is 23.1 Å². The first-order valence-electron chi connectivity index (χ1n) is 14.9. The third-order valence-electron chi connectivity index (χ3n) is 7.68. The van der Waals surface area contributed by atoms with Crippen molar-refractivity contribution in [2.45, 2.75) is 49.2 Å². The molecule has 5 rings (SSSR count). The number of carbonyl (C=O) groups excluding carboxylic acids is 4. The predicted molar refractivity (Wildman–Crippen MR) is 180 cm³/mol. The van der Waals surface area contributed by atoms with Crippen LogP contribution in [0.25, 0.3) is 0 Å². The summed E-state index contributed by atoms with van der Waals surface area (Å²) in [5.74, 6) is -1.36. The van der Waals surface area contributed by atoms with Gasteiger partial charge >= 0.3 is 5.97 Å². The second-order valence-electron chi connectivity index (χ2n) is 10.8. The number of para-hydroxylation sites is 1. The molecule has 232 valence electrons. The van der Waals surface area contributed by atoms with Gasteiger partial charge in [-0.3, -0.25) is 14.4 Å². The molecule has 45 heavy (non-hydrogen) atoms. The second-order valence-corrected chi connectivity index (χ2v) is 13.0. The number of esters is 1. The Bertz CT molecular complexity index is 1670. The lowest BCUT2D eigenvalue weighted by atomic mass is 9.88. The summed E-state index contributed by atoms with van der Waals surface area (Å²) >= 11 is 2.36. The molecule has 1 unspecified atom stereocenters. The van der Waals surface area contributed by atoms with E-state index in [4.69, 9.17) is 4.74 Å². The van der Waals surface area contributed by atoms with Gasteiger partial charge in [0.1, 0.15) is 10.3 Å². The van der Waals surface area contributed by atoms with E-state index in [-0.39, 0.29) is 28.3 Å². The third kappa shape index (κ3) is 8.01. The fraction of sp³-hybridized carbons (Fsp3) is 0.257. The van der Waals surface area contributed by atoms with Crippen LogP contribution >= 0.6 is 23.1 Å². The highest BCUT2D eigenvalue weighted by Crippen LogP contribution is 2.40. The number of hydrogen-bond donors (Lipinski definition) is 3. The Morgan fingerprint density at radius 3 is 2.18 bits per heavy atom. The van der Waals surface area contributed by atoms with E-state index < -0.39 is 17.1 Å². The van der Waals surface area contributed by atoms with Crippen LogP contribution in [0.1, 0.15) is 68.5 Å². The van der Waals surface area contributed by atoms with Crippen LogP contribution < -0.4 is 16.0 Å². The molecule has 0 radical (unpaired) electrons. The van der Waals surface area contributed by atoms with E-state index >= 15 is 0 Å². The molecule has 3 amide bonds. The molecule has 0 spiro atoms. The number of rotatable bonds is 10. The molecular formula is C35H35N3O5S2. The Morgan fingerprint density at radius 2 is 1.49 bits per heavy atom. The fourth-order valence-electron chi connectivity index (χ4n) is 5.35. The summed E-state index contributed by atoms with van der Waals surface area (Å²) in [7, 11) is 1.26. The van der Waals surface area contributed by atoms with Crippen LogP contribution in [0.3, 0.4) is 0 Å². The number of nitrogens with one attached hydrogen (secondary N) is 3. The second kappa shape index (κ2) is 15.0. The summed E-state index contributed by atoms with van der Waals surface area (Å²) in [6.07, 6.45) is 5.13. The number of ether oxygens (including phenoxy) is 1. The van der Waals surface area contributed by atoms with E-state index in [0.717, 1.165) is 47.5 Å². The van der Waals surface area contributed by atoms with E-state index in [9.17, 15) is 19.2 Å². The van der Waals surface area contributed by atoms with E-state index in [1.807, 2.05) is 72.8 Å². The molecule has 1 atom stereocenters. The molecule has 1 aliphatic rings. The minimum Gasteiger partial charge on any atom is -0.465 e. The van der Waals surface area contributed by atoms with Crippen LogP contribution in [0.15, 0.2) is 89.8 Å². The highest BCUT2D eigenvalue weighted by atomic mass is 32.2. The Kier molecular flexibility index (Phi) is 10.7. The first-order chi connectivity index (χ1) is 21.8. The van der Waals surface area contributed by atoms with Crippen LogP contribution in [0.2, 0.25) is 0 Å². The molecule has 4 aromatic rings. The molecule has 1 aromatic heterocycles. The number of thioether (sulfide) groups is 1. The normalized spacial score (nSPS) is 13.8. The van der Waals surface area contributed by atoms with Crippen molar-refractivity contribution in [3.63, 3.8) is 0 Å². The Balaban J connectivity index is 1.39. The van der Waals surface area contributed by atoms with Crippen LogP contribution in [-0.2, 0) is 14.3 Å². The molecule has 3 N–H and O–H groups in total. The van der Waals surface area contributed by atoms with Gasteiger partial charge in [-0.2, -0.15) is 0 Å². The number of hydrogen-bond acceptors (Lipinski definition) is 7. The molecule has 10 heteroatoms. The van der Waals surface area contributed by atoms with Crippen molar-refractivity contribution in [2.24, 2.45) is 5.92 Å². The number of thiophene rings is 1. The smallest absolute Gasteiger partial charge is 0.341 e. The largest absolute Gasteiger partial charge is 0.465 e. The molecule has 0 saturated heterocycles. The van der Waals surface area contributed by atoms with Crippen molar-refractivity contribution >= 4 is 63.2 Å². The molecule has 1 saturated carbocycles. The summed E-state index contributed by atoms with van der Waals surface area (Å²) in [4.78, 5) is 54.0. The molecule has 0 aliphatic heterocycles. The maximum Gasteiger partial charge on any atom is 0.341 e. The van der Waals surface area contributed by atoms with Gasteiger partial charge in [-0.1, -0.05) is 73.9 Å². The highest BCUT2D eigenvalue weighted by molar-refractivity contribution is 8.00. The van der Waals surface area contributed by atoms with Crippen LogP contribution in [0, 0.1) is 12.8 Å². The van der Waals surface area contributed by atoms with Crippen molar-refractivity contribution in [3.05, 3.63) is 106 Å². The summed E-state index contributed by atoms with van der Waals surface area (Å²) in [5, 5.41) is 8.35. The van der Waals surface area contributed by atoms with Crippen molar-refractivity contribution in [1.29, 1.82) is 0 Å². The number of benzene rings is 3. The first kappa shape index (κ1) is 32.0. The Hall–Kier alpha value is -4.41. The number of amides is 3. The summed E-state index contributed by atoms with van der Waals surface area (Å²) in [6.45, 7) is 1.66. The Morgan fingerprint density at radius 1 is 0.822 bits per heavy atom. The lowest BCUT2D eigenvalue weighted by Gasteiger charge is -2.21. The molecule has 1 heterocycles. The zero-order chi connectivity index (χ0) is 31.8. The molecular weight excluding hydrogens is 607 g/mol. The lowest BCUT2D eigenvalue weighted by molar-refractivity contribution is -0.120.